The quantitative estimate of drug-likeness (QED) is 0.758. The van der Waals surface area contributed by atoms with Gasteiger partial charge in [-0.25, -0.2) is 0 Å². The Labute approximate surface area is 98.2 Å². The van der Waals surface area contributed by atoms with Crippen LogP contribution >= 0.6 is 0 Å². The van der Waals surface area contributed by atoms with Crippen LogP contribution in [0.4, 0.5) is 5.69 Å². The molecule has 0 aliphatic carbocycles. The fraction of sp³-hybridized carbons (Fsp3) is 0.571. The highest BCUT2D eigenvalue weighted by Crippen LogP contribution is 2.22. The maximum Gasteiger partial charge on any atom is 0.0641 e. The van der Waals surface area contributed by atoms with E-state index in [0.717, 1.165) is 32.7 Å². The van der Waals surface area contributed by atoms with Crippen molar-refractivity contribution in [1.82, 2.24) is 0 Å². The first kappa shape index (κ1) is 11.5. The van der Waals surface area contributed by atoms with E-state index < -0.39 is 0 Å². The van der Waals surface area contributed by atoms with Gasteiger partial charge < -0.3 is 9.64 Å². The van der Waals surface area contributed by atoms with Gasteiger partial charge in [-0.3, -0.25) is 0 Å². The zero-order chi connectivity index (χ0) is 11.4. The summed E-state index contributed by atoms with van der Waals surface area (Å²) in [4.78, 5) is 2.43. The molecular formula is C14H21NO. The lowest BCUT2D eigenvalue weighted by Gasteiger charge is -2.23. The topological polar surface area (TPSA) is 12.5 Å². The minimum absolute atomic E-state index is 0.600. The predicted molar refractivity (Wildman–Crippen MR) is 68.2 cm³/mol. The van der Waals surface area contributed by atoms with E-state index in [4.69, 9.17) is 4.74 Å². The van der Waals surface area contributed by atoms with E-state index in [-0.39, 0.29) is 0 Å². The van der Waals surface area contributed by atoms with Crippen LogP contribution in [0, 0.1) is 0 Å². The second kappa shape index (κ2) is 5.35. The lowest BCUT2D eigenvalue weighted by atomic mass is 10.0. The molecule has 2 nitrogen and oxygen atoms in total. The normalized spacial score (nSPS) is 17.6. The molecule has 1 aromatic rings. The summed E-state index contributed by atoms with van der Waals surface area (Å²) in [6.45, 7) is 8.37. The first-order valence-electron chi connectivity index (χ1n) is 6.20. The molecule has 1 aromatic carbocycles. The largest absolute Gasteiger partial charge is 0.380 e. The third-order valence-corrected chi connectivity index (χ3v) is 3.12. The molecule has 0 radical (unpaired) electrons. The van der Waals surface area contributed by atoms with Crippen molar-refractivity contribution in [3.05, 3.63) is 29.8 Å². The molecule has 0 amide bonds. The lowest BCUT2D eigenvalue weighted by Crippen LogP contribution is -2.25. The Kier molecular flexibility index (Phi) is 3.83. The van der Waals surface area contributed by atoms with Crippen LogP contribution in [-0.2, 0) is 4.74 Å². The average molecular weight is 219 g/mol. The van der Waals surface area contributed by atoms with E-state index in [1.54, 1.807) is 0 Å². The molecule has 1 aliphatic heterocycles. The van der Waals surface area contributed by atoms with Gasteiger partial charge in [-0.05, 0) is 30.0 Å². The maximum atomic E-state index is 5.48. The predicted octanol–water partition coefficient (Wildman–Crippen LogP) is 3.04. The molecule has 0 spiro atoms. The first-order chi connectivity index (χ1) is 7.77. The number of benzene rings is 1. The van der Waals surface area contributed by atoms with Crippen LogP contribution in [0.25, 0.3) is 0 Å². The van der Waals surface area contributed by atoms with Crippen molar-refractivity contribution in [2.24, 2.45) is 0 Å². The van der Waals surface area contributed by atoms with Crippen molar-refractivity contribution in [3.63, 3.8) is 0 Å². The number of hydrogen-bond acceptors (Lipinski definition) is 2. The summed E-state index contributed by atoms with van der Waals surface area (Å²) < 4.78 is 5.48. The van der Waals surface area contributed by atoms with E-state index in [9.17, 15) is 0 Å². The Morgan fingerprint density at radius 2 is 2.06 bits per heavy atom. The zero-order valence-electron chi connectivity index (χ0n) is 10.3. The molecule has 2 heteroatoms. The monoisotopic (exact) mass is 219 g/mol. The van der Waals surface area contributed by atoms with E-state index in [1.165, 1.54) is 11.3 Å². The van der Waals surface area contributed by atoms with Gasteiger partial charge in [-0.2, -0.15) is 0 Å². The van der Waals surface area contributed by atoms with Gasteiger partial charge >= 0.3 is 0 Å². The van der Waals surface area contributed by atoms with Gasteiger partial charge in [-0.15, -0.1) is 0 Å². The molecule has 0 bridgehead atoms. The SMILES string of the molecule is CC(C)c1cccc(N2CCCOCC2)c1. The van der Waals surface area contributed by atoms with E-state index in [1.807, 2.05) is 0 Å². The fourth-order valence-corrected chi connectivity index (χ4v) is 2.08. The first-order valence-corrected chi connectivity index (χ1v) is 6.20. The molecule has 16 heavy (non-hydrogen) atoms. The van der Waals surface area contributed by atoms with Gasteiger partial charge in [0, 0.05) is 25.4 Å². The zero-order valence-corrected chi connectivity index (χ0v) is 10.3. The number of anilines is 1. The second-order valence-electron chi connectivity index (χ2n) is 4.70. The minimum Gasteiger partial charge on any atom is -0.380 e. The molecule has 1 heterocycles. The summed E-state index contributed by atoms with van der Waals surface area (Å²) in [7, 11) is 0. The molecule has 0 unspecified atom stereocenters. The molecule has 1 fully saturated rings. The number of ether oxygens (including phenoxy) is 1. The van der Waals surface area contributed by atoms with Crippen molar-refractivity contribution >= 4 is 5.69 Å². The van der Waals surface area contributed by atoms with Crippen molar-refractivity contribution in [2.45, 2.75) is 26.2 Å². The van der Waals surface area contributed by atoms with Crippen LogP contribution in [0.5, 0.6) is 0 Å². The van der Waals surface area contributed by atoms with Crippen molar-refractivity contribution in [3.8, 4) is 0 Å². The van der Waals surface area contributed by atoms with Crippen molar-refractivity contribution in [2.75, 3.05) is 31.2 Å². The molecule has 0 aromatic heterocycles. The Morgan fingerprint density at radius 3 is 2.88 bits per heavy atom. The summed E-state index contributed by atoms with van der Waals surface area (Å²) in [5.41, 5.74) is 2.76. The molecule has 0 atom stereocenters. The fourth-order valence-electron chi connectivity index (χ4n) is 2.08. The Balaban J connectivity index is 2.15. The van der Waals surface area contributed by atoms with Crippen LogP contribution in [0.15, 0.2) is 24.3 Å². The van der Waals surface area contributed by atoms with Gasteiger partial charge in [0.2, 0.25) is 0 Å². The van der Waals surface area contributed by atoms with Crippen LogP contribution in [-0.4, -0.2) is 26.3 Å². The number of nitrogens with zero attached hydrogens (tertiary/aromatic N) is 1. The smallest absolute Gasteiger partial charge is 0.0641 e. The van der Waals surface area contributed by atoms with Crippen molar-refractivity contribution in [1.29, 1.82) is 0 Å². The Morgan fingerprint density at radius 1 is 1.19 bits per heavy atom. The third-order valence-electron chi connectivity index (χ3n) is 3.12. The molecular weight excluding hydrogens is 198 g/mol. The summed E-state index contributed by atoms with van der Waals surface area (Å²) in [6.07, 6.45) is 1.13. The van der Waals surface area contributed by atoms with Gasteiger partial charge in [0.15, 0.2) is 0 Å². The minimum atomic E-state index is 0.600. The molecule has 0 N–H and O–H groups in total. The highest BCUT2D eigenvalue weighted by Gasteiger charge is 2.10. The highest BCUT2D eigenvalue weighted by molar-refractivity contribution is 5.49. The molecule has 2 rings (SSSR count). The molecule has 1 saturated heterocycles. The van der Waals surface area contributed by atoms with Crippen molar-refractivity contribution < 1.29 is 4.74 Å². The van der Waals surface area contributed by atoms with Crippen LogP contribution < -0.4 is 4.90 Å². The van der Waals surface area contributed by atoms with Gasteiger partial charge in [0.05, 0.1) is 6.61 Å². The lowest BCUT2D eigenvalue weighted by molar-refractivity contribution is 0.152. The van der Waals surface area contributed by atoms with Crippen LogP contribution in [0.3, 0.4) is 0 Å². The summed E-state index contributed by atoms with van der Waals surface area (Å²) in [5, 5.41) is 0. The van der Waals surface area contributed by atoms with Crippen LogP contribution in [0.1, 0.15) is 31.7 Å². The summed E-state index contributed by atoms with van der Waals surface area (Å²) >= 11 is 0. The van der Waals surface area contributed by atoms with Gasteiger partial charge in [0.25, 0.3) is 0 Å². The van der Waals surface area contributed by atoms with E-state index >= 15 is 0 Å². The summed E-state index contributed by atoms with van der Waals surface area (Å²) in [6, 6.07) is 8.89. The molecule has 1 aliphatic rings. The average Bonchev–Trinajstić information content (AvgIpc) is 2.57. The maximum absolute atomic E-state index is 5.48. The third kappa shape index (κ3) is 2.76. The van der Waals surface area contributed by atoms with E-state index in [0.29, 0.717) is 5.92 Å². The van der Waals surface area contributed by atoms with E-state index in [2.05, 4.69) is 43.0 Å². The van der Waals surface area contributed by atoms with Crippen LogP contribution in [0.2, 0.25) is 0 Å². The highest BCUT2D eigenvalue weighted by atomic mass is 16.5. The number of hydrogen-bond donors (Lipinski definition) is 0. The van der Waals surface area contributed by atoms with Gasteiger partial charge in [-0.1, -0.05) is 26.0 Å². The summed E-state index contributed by atoms with van der Waals surface area (Å²) in [5.74, 6) is 0.600. The molecule has 88 valence electrons. The standard InChI is InChI=1S/C14H21NO/c1-12(2)13-5-3-6-14(11-13)15-7-4-9-16-10-8-15/h3,5-6,11-12H,4,7-10H2,1-2H3. The van der Waals surface area contributed by atoms with Gasteiger partial charge in [0.1, 0.15) is 0 Å². The Bertz CT molecular complexity index is 327. The molecule has 0 saturated carbocycles. The number of rotatable bonds is 2. The Hall–Kier alpha value is -1.02. The second-order valence-corrected chi connectivity index (χ2v) is 4.70.